The van der Waals surface area contributed by atoms with Gasteiger partial charge < -0.3 is 10.1 Å². The van der Waals surface area contributed by atoms with Crippen LogP contribution in [0.3, 0.4) is 0 Å². The molecule has 0 saturated carbocycles. The van der Waals surface area contributed by atoms with Gasteiger partial charge in [-0.05, 0) is 36.4 Å². The number of hydrogen-bond donors (Lipinski definition) is 1. The van der Waals surface area contributed by atoms with Gasteiger partial charge in [0.15, 0.2) is 0 Å². The Kier molecular flexibility index (Phi) is 4.66. The molecule has 0 fully saturated rings. The molecule has 1 aromatic heterocycles. The number of rotatable bonds is 4. The highest BCUT2D eigenvalue weighted by atomic mass is 19.4. The van der Waals surface area contributed by atoms with E-state index in [1.165, 1.54) is 42.4 Å². The lowest BCUT2D eigenvalue weighted by Crippen LogP contribution is -2.17. The van der Waals surface area contributed by atoms with Crippen LogP contribution in [0.1, 0.15) is 15.9 Å². The van der Waals surface area contributed by atoms with E-state index in [0.717, 1.165) is 6.07 Å². The number of aromatic nitrogens is 2. The summed E-state index contributed by atoms with van der Waals surface area (Å²) in [6, 6.07) is 11.5. The third kappa shape index (κ3) is 3.53. The number of alkyl halides is 3. The largest absolute Gasteiger partial charge is 0.496 e. The van der Waals surface area contributed by atoms with Gasteiger partial charge in [-0.3, -0.25) is 4.79 Å². The van der Waals surface area contributed by atoms with Gasteiger partial charge in [0.2, 0.25) is 0 Å². The van der Waals surface area contributed by atoms with E-state index >= 15 is 0 Å². The summed E-state index contributed by atoms with van der Waals surface area (Å²) in [5, 5.41) is 6.23. The standard InChI is InChI=1S/C18H14F3N3O2/c1-26-16-6-3-2-5-13(16)17(25)23-15-8-7-12(24-10-4-9-22-24)11-14(15)18(19,20)21/h2-11H,1H3,(H,23,25). The Morgan fingerprint density at radius 2 is 1.92 bits per heavy atom. The maximum absolute atomic E-state index is 13.5. The van der Waals surface area contributed by atoms with E-state index in [1.807, 2.05) is 0 Å². The lowest BCUT2D eigenvalue weighted by atomic mass is 10.1. The normalized spacial score (nSPS) is 11.2. The highest BCUT2D eigenvalue weighted by molar-refractivity contribution is 6.06. The Morgan fingerprint density at radius 1 is 1.15 bits per heavy atom. The van der Waals surface area contributed by atoms with Crippen LogP contribution >= 0.6 is 0 Å². The first-order valence-electron chi connectivity index (χ1n) is 7.56. The van der Waals surface area contributed by atoms with Crippen LogP contribution in [-0.4, -0.2) is 22.8 Å². The van der Waals surface area contributed by atoms with Crippen molar-refractivity contribution in [1.82, 2.24) is 9.78 Å². The molecule has 26 heavy (non-hydrogen) atoms. The molecule has 3 rings (SSSR count). The van der Waals surface area contributed by atoms with E-state index in [2.05, 4.69) is 10.4 Å². The molecule has 0 bridgehead atoms. The quantitative estimate of drug-likeness (QED) is 0.759. The number of halogens is 3. The molecule has 0 atom stereocenters. The Labute approximate surface area is 147 Å². The molecular weight excluding hydrogens is 347 g/mol. The van der Waals surface area contributed by atoms with Crippen LogP contribution in [0.4, 0.5) is 18.9 Å². The second kappa shape index (κ2) is 6.91. The lowest BCUT2D eigenvalue weighted by Gasteiger charge is -2.16. The van der Waals surface area contributed by atoms with Crippen molar-refractivity contribution < 1.29 is 22.7 Å². The van der Waals surface area contributed by atoms with Crippen LogP contribution in [0.25, 0.3) is 5.69 Å². The van der Waals surface area contributed by atoms with Crippen molar-refractivity contribution in [2.75, 3.05) is 12.4 Å². The number of nitrogens with one attached hydrogen (secondary N) is 1. The summed E-state index contributed by atoms with van der Waals surface area (Å²) >= 11 is 0. The number of hydrogen-bond acceptors (Lipinski definition) is 3. The van der Waals surface area contributed by atoms with E-state index in [9.17, 15) is 18.0 Å². The molecule has 5 nitrogen and oxygen atoms in total. The number of nitrogens with zero attached hydrogens (tertiary/aromatic N) is 2. The molecule has 0 aliphatic rings. The second-order valence-corrected chi connectivity index (χ2v) is 5.33. The van der Waals surface area contributed by atoms with Gasteiger partial charge in [0.1, 0.15) is 5.75 Å². The van der Waals surface area contributed by atoms with Crippen molar-refractivity contribution in [2.24, 2.45) is 0 Å². The van der Waals surface area contributed by atoms with Gasteiger partial charge in [0.05, 0.1) is 29.6 Å². The van der Waals surface area contributed by atoms with Crippen LogP contribution in [0.15, 0.2) is 60.9 Å². The zero-order valence-corrected chi connectivity index (χ0v) is 13.6. The Morgan fingerprint density at radius 3 is 2.58 bits per heavy atom. The van der Waals surface area contributed by atoms with E-state index < -0.39 is 17.6 Å². The number of para-hydroxylation sites is 1. The molecule has 0 aliphatic carbocycles. The summed E-state index contributed by atoms with van der Waals surface area (Å²) in [4.78, 5) is 12.4. The average molecular weight is 361 g/mol. The maximum Gasteiger partial charge on any atom is 0.418 e. The number of carbonyl (C=O) groups excluding carboxylic acids is 1. The van der Waals surface area contributed by atoms with E-state index in [4.69, 9.17) is 4.74 Å². The molecule has 2 aromatic carbocycles. The van der Waals surface area contributed by atoms with Crippen molar-refractivity contribution in [3.8, 4) is 11.4 Å². The van der Waals surface area contributed by atoms with Crippen LogP contribution in [0.2, 0.25) is 0 Å². The average Bonchev–Trinajstić information content (AvgIpc) is 3.15. The predicted octanol–water partition coefficient (Wildman–Crippen LogP) is 4.15. The summed E-state index contributed by atoms with van der Waals surface area (Å²) in [5.74, 6) is -0.425. The minimum Gasteiger partial charge on any atom is -0.496 e. The molecule has 1 N–H and O–H groups in total. The zero-order chi connectivity index (χ0) is 18.7. The van der Waals surface area contributed by atoms with Gasteiger partial charge in [0.25, 0.3) is 5.91 Å². The third-order valence-electron chi connectivity index (χ3n) is 3.68. The molecule has 134 valence electrons. The smallest absolute Gasteiger partial charge is 0.418 e. The van der Waals surface area contributed by atoms with E-state index in [1.54, 1.807) is 24.3 Å². The molecule has 0 aliphatic heterocycles. The lowest BCUT2D eigenvalue weighted by molar-refractivity contribution is -0.136. The van der Waals surface area contributed by atoms with Crippen molar-refractivity contribution in [2.45, 2.75) is 6.18 Å². The number of amides is 1. The Bertz CT molecular complexity index is 922. The fraction of sp³-hybridized carbons (Fsp3) is 0.111. The molecule has 0 spiro atoms. The highest BCUT2D eigenvalue weighted by Gasteiger charge is 2.34. The van der Waals surface area contributed by atoms with Crippen molar-refractivity contribution in [1.29, 1.82) is 0 Å². The summed E-state index contributed by atoms with van der Waals surface area (Å²) in [6.45, 7) is 0. The summed E-state index contributed by atoms with van der Waals surface area (Å²) < 4.78 is 46.8. The molecule has 3 aromatic rings. The summed E-state index contributed by atoms with van der Waals surface area (Å²) in [6.07, 6.45) is -1.65. The number of benzene rings is 2. The summed E-state index contributed by atoms with van der Waals surface area (Å²) in [7, 11) is 1.38. The first kappa shape index (κ1) is 17.5. The van der Waals surface area contributed by atoms with E-state index in [-0.39, 0.29) is 22.7 Å². The van der Waals surface area contributed by atoms with E-state index in [0.29, 0.717) is 0 Å². The monoisotopic (exact) mass is 361 g/mol. The fourth-order valence-corrected chi connectivity index (χ4v) is 2.46. The van der Waals surface area contributed by atoms with Crippen LogP contribution < -0.4 is 10.1 Å². The number of methoxy groups -OCH3 is 1. The van der Waals surface area contributed by atoms with Gasteiger partial charge in [-0.1, -0.05) is 12.1 Å². The van der Waals surface area contributed by atoms with Crippen LogP contribution in [-0.2, 0) is 6.18 Å². The molecule has 0 radical (unpaired) electrons. The van der Waals surface area contributed by atoms with Gasteiger partial charge >= 0.3 is 6.18 Å². The minimum atomic E-state index is -4.65. The van der Waals surface area contributed by atoms with Crippen molar-refractivity contribution in [3.63, 3.8) is 0 Å². The van der Waals surface area contributed by atoms with Crippen LogP contribution in [0, 0.1) is 0 Å². The molecule has 1 amide bonds. The SMILES string of the molecule is COc1ccccc1C(=O)Nc1ccc(-n2cccn2)cc1C(F)(F)F. The van der Waals surface area contributed by atoms with Gasteiger partial charge in [-0.2, -0.15) is 18.3 Å². The highest BCUT2D eigenvalue weighted by Crippen LogP contribution is 2.36. The Hall–Kier alpha value is -3.29. The first-order chi connectivity index (χ1) is 12.4. The zero-order valence-electron chi connectivity index (χ0n) is 13.6. The molecule has 8 heteroatoms. The molecular formula is C18H14F3N3O2. The topological polar surface area (TPSA) is 56.1 Å². The third-order valence-corrected chi connectivity index (χ3v) is 3.68. The molecule has 0 saturated heterocycles. The Balaban J connectivity index is 1.98. The fourth-order valence-electron chi connectivity index (χ4n) is 2.46. The van der Waals surface area contributed by atoms with Crippen LogP contribution in [0.5, 0.6) is 5.75 Å². The number of ether oxygens (including phenoxy) is 1. The second-order valence-electron chi connectivity index (χ2n) is 5.33. The number of anilines is 1. The summed E-state index contributed by atoms with van der Waals surface area (Å²) in [5.41, 5.74) is -0.935. The maximum atomic E-state index is 13.5. The van der Waals surface area contributed by atoms with Crippen molar-refractivity contribution >= 4 is 11.6 Å². The van der Waals surface area contributed by atoms with Gasteiger partial charge in [0, 0.05) is 12.4 Å². The number of carbonyl (C=O) groups is 1. The van der Waals surface area contributed by atoms with Gasteiger partial charge in [-0.15, -0.1) is 0 Å². The molecule has 0 unspecified atom stereocenters. The molecule has 1 heterocycles. The van der Waals surface area contributed by atoms with Crippen molar-refractivity contribution in [3.05, 3.63) is 72.1 Å². The van der Waals surface area contributed by atoms with Gasteiger partial charge in [-0.25, -0.2) is 4.68 Å². The first-order valence-corrected chi connectivity index (χ1v) is 7.56. The predicted molar refractivity (Wildman–Crippen MR) is 89.5 cm³/mol. The minimum absolute atomic E-state index is 0.138.